The number of nitrogens with zero attached hydrogens (tertiary/aromatic N) is 1. The quantitative estimate of drug-likeness (QED) is 0.747. The molecule has 0 saturated heterocycles. The molecular formula is C12H18N2O2. The predicted molar refractivity (Wildman–Crippen MR) is 65.6 cm³/mol. The Labute approximate surface area is 95.7 Å². The number of aliphatic carboxylic acids is 1. The molecule has 4 heteroatoms. The van der Waals surface area contributed by atoms with Crippen LogP contribution in [0.1, 0.15) is 20.3 Å². The summed E-state index contributed by atoms with van der Waals surface area (Å²) >= 11 is 0. The molecule has 1 atom stereocenters. The van der Waals surface area contributed by atoms with Crippen molar-refractivity contribution in [3.05, 3.63) is 24.3 Å². The summed E-state index contributed by atoms with van der Waals surface area (Å²) in [6.45, 7) is 4.41. The number of carbonyl (C=O) groups is 1. The number of carboxylic acids is 1. The normalized spacial score (nSPS) is 12.1. The minimum atomic E-state index is -0.812. The third-order valence-electron chi connectivity index (χ3n) is 2.63. The van der Waals surface area contributed by atoms with Crippen LogP contribution in [0.4, 0.5) is 11.4 Å². The minimum absolute atomic E-state index is 0.519. The van der Waals surface area contributed by atoms with Gasteiger partial charge in [0.05, 0.1) is 11.4 Å². The van der Waals surface area contributed by atoms with Crippen LogP contribution in [0.3, 0.4) is 0 Å². The zero-order valence-electron chi connectivity index (χ0n) is 9.68. The molecular weight excluding hydrogens is 204 g/mol. The van der Waals surface area contributed by atoms with Crippen molar-refractivity contribution in [1.82, 2.24) is 0 Å². The van der Waals surface area contributed by atoms with Crippen molar-refractivity contribution >= 4 is 17.3 Å². The van der Waals surface area contributed by atoms with Crippen LogP contribution in [0.25, 0.3) is 0 Å². The number of para-hydroxylation sites is 2. The lowest BCUT2D eigenvalue weighted by Crippen LogP contribution is -2.41. The Kier molecular flexibility index (Phi) is 4.17. The summed E-state index contributed by atoms with van der Waals surface area (Å²) in [7, 11) is 0. The van der Waals surface area contributed by atoms with E-state index in [-0.39, 0.29) is 0 Å². The van der Waals surface area contributed by atoms with E-state index in [1.54, 1.807) is 6.07 Å². The summed E-state index contributed by atoms with van der Waals surface area (Å²) in [6.07, 6.45) is 0.553. The van der Waals surface area contributed by atoms with E-state index in [2.05, 4.69) is 0 Å². The smallest absolute Gasteiger partial charge is 0.326 e. The molecule has 0 spiro atoms. The zero-order valence-corrected chi connectivity index (χ0v) is 9.68. The van der Waals surface area contributed by atoms with Crippen LogP contribution in [0.2, 0.25) is 0 Å². The molecule has 4 nitrogen and oxygen atoms in total. The number of likely N-dealkylation sites (N-methyl/N-ethyl adjacent to an activating group) is 1. The summed E-state index contributed by atoms with van der Waals surface area (Å²) in [5, 5.41) is 9.14. The van der Waals surface area contributed by atoms with E-state index in [0.717, 1.165) is 5.69 Å². The molecule has 0 heterocycles. The fourth-order valence-electron chi connectivity index (χ4n) is 1.84. The van der Waals surface area contributed by atoms with Crippen molar-refractivity contribution in [2.24, 2.45) is 0 Å². The van der Waals surface area contributed by atoms with Gasteiger partial charge in [-0.15, -0.1) is 0 Å². The molecule has 0 aromatic heterocycles. The fraction of sp³-hybridized carbons (Fsp3) is 0.417. The molecule has 0 saturated carbocycles. The number of nitrogens with two attached hydrogens (primary N) is 1. The van der Waals surface area contributed by atoms with Crippen molar-refractivity contribution in [2.45, 2.75) is 26.3 Å². The summed E-state index contributed by atoms with van der Waals surface area (Å²) in [6, 6.07) is 6.82. The second-order valence-electron chi connectivity index (χ2n) is 3.61. The lowest BCUT2D eigenvalue weighted by molar-refractivity contribution is -0.138. The van der Waals surface area contributed by atoms with Crippen molar-refractivity contribution in [1.29, 1.82) is 0 Å². The largest absolute Gasteiger partial charge is 0.480 e. The SMILES string of the molecule is CCC(C(=O)O)N(CC)c1ccccc1N. The average molecular weight is 222 g/mol. The summed E-state index contributed by atoms with van der Waals surface area (Å²) in [5.74, 6) is -0.812. The van der Waals surface area contributed by atoms with Gasteiger partial charge in [0.25, 0.3) is 0 Å². The molecule has 0 bridgehead atoms. The molecule has 88 valence electrons. The molecule has 0 aliphatic carbocycles. The van der Waals surface area contributed by atoms with Gasteiger partial charge in [-0.2, -0.15) is 0 Å². The summed E-state index contributed by atoms with van der Waals surface area (Å²) < 4.78 is 0. The topological polar surface area (TPSA) is 66.6 Å². The van der Waals surface area contributed by atoms with E-state index in [1.807, 2.05) is 36.9 Å². The molecule has 0 radical (unpaired) electrons. The number of nitrogen functional groups attached to an aromatic ring is 1. The maximum Gasteiger partial charge on any atom is 0.326 e. The lowest BCUT2D eigenvalue weighted by Gasteiger charge is -2.30. The molecule has 1 unspecified atom stereocenters. The minimum Gasteiger partial charge on any atom is -0.480 e. The molecule has 0 amide bonds. The Bertz CT molecular complexity index is 366. The summed E-state index contributed by atoms with van der Waals surface area (Å²) in [4.78, 5) is 13.0. The zero-order chi connectivity index (χ0) is 12.1. The Hall–Kier alpha value is -1.71. The van der Waals surface area contributed by atoms with Crippen LogP contribution in [0.5, 0.6) is 0 Å². The third-order valence-corrected chi connectivity index (χ3v) is 2.63. The molecule has 0 aliphatic rings. The van der Waals surface area contributed by atoms with Crippen LogP contribution >= 0.6 is 0 Å². The highest BCUT2D eigenvalue weighted by molar-refractivity contribution is 5.80. The van der Waals surface area contributed by atoms with E-state index in [4.69, 9.17) is 10.8 Å². The van der Waals surface area contributed by atoms with Crippen LogP contribution in [0.15, 0.2) is 24.3 Å². The Morgan fingerprint density at radius 2 is 2.06 bits per heavy atom. The van der Waals surface area contributed by atoms with Crippen LogP contribution in [-0.2, 0) is 4.79 Å². The van der Waals surface area contributed by atoms with Crippen molar-refractivity contribution < 1.29 is 9.90 Å². The predicted octanol–water partition coefficient (Wildman–Crippen LogP) is 1.96. The van der Waals surface area contributed by atoms with Crippen molar-refractivity contribution in [2.75, 3.05) is 17.2 Å². The summed E-state index contributed by atoms with van der Waals surface area (Å²) in [5.41, 5.74) is 7.26. The molecule has 16 heavy (non-hydrogen) atoms. The van der Waals surface area contributed by atoms with Gasteiger partial charge in [-0.25, -0.2) is 4.79 Å². The van der Waals surface area contributed by atoms with E-state index in [9.17, 15) is 4.79 Å². The number of rotatable bonds is 5. The lowest BCUT2D eigenvalue weighted by atomic mass is 10.1. The maximum atomic E-state index is 11.1. The first-order valence-electron chi connectivity index (χ1n) is 5.45. The van der Waals surface area contributed by atoms with Gasteiger partial charge >= 0.3 is 5.97 Å². The number of benzene rings is 1. The highest BCUT2D eigenvalue weighted by atomic mass is 16.4. The average Bonchev–Trinajstić information content (AvgIpc) is 2.26. The Morgan fingerprint density at radius 3 is 2.50 bits per heavy atom. The van der Waals surface area contributed by atoms with Gasteiger partial charge in [0, 0.05) is 6.54 Å². The molecule has 1 aromatic carbocycles. The monoisotopic (exact) mass is 222 g/mol. The number of anilines is 2. The van der Waals surface area contributed by atoms with E-state index < -0.39 is 12.0 Å². The first kappa shape index (κ1) is 12.4. The van der Waals surface area contributed by atoms with E-state index >= 15 is 0 Å². The highest BCUT2D eigenvalue weighted by Gasteiger charge is 2.23. The van der Waals surface area contributed by atoms with Gasteiger partial charge in [-0.1, -0.05) is 19.1 Å². The van der Waals surface area contributed by atoms with Crippen molar-refractivity contribution in [3.63, 3.8) is 0 Å². The molecule has 0 aliphatic heterocycles. The number of carboxylic acid groups (broad SMARTS) is 1. The van der Waals surface area contributed by atoms with Gasteiger partial charge in [0.15, 0.2) is 0 Å². The molecule has 0 fully saturated rings. The second-order valence-corrected chi connectivity index (χ2v) is 3.61. The van der Waals surface area contributed by atoms with Crippen LogP contribution < -0.4 is 10.6 Å². The second kappa shape index (κ2) is 5.39. The highest BCUT2D eigenvalue weighted by Crippen LogP contribution is 2.25. The van der Waals surface area contributed by atoms with Gasteiger partial charge in [-0.3, -0.25) is 0 Å². The van der Waals surface area contributed by atoms with Gasteiger partial charge in [0.2, 0.25) is 0 Å². The first-order chi connectivity index (χ1) is 7.61. The van der Waals surface area contributed by atoms with Gasteiger partial charge in [-0.05, 0) is 25.5 Å². The standard InChI is InChI=1S/C12H18N2O2/c1-3-10(12(15)16)14(4-2)11-8-6-5-7-9(11)13/h5-8,10H,3-4,13H2,1-2H3,(H,15,16). The van der Waals surface area contributed by atoms with E-state index in [0.29, 0.717) is 18.7 Å². The Balaban J connectivity index is 3.06. The van der Waals surface area contributed by atoms with Gasteiger partial charge in [0.1, 0.15) is 6.04 Å². The maximum absolute atomic E-state index is 11.1. The van der Waals surface area contributed by atoms with Crippen LogP contribution in [0, 0.1) is 0 Å². The van der Waals surface area contributed by atoms with Crippen LogP contribution in [-0.4, -0.2) is 23.7 Å². The van der Waals surface area contributed by atoms with E-state index in [1.165, 1.54) is 0 Å². The van der Waals surface area contributed by atoms with Gasteiger partial charge < -0.3 is 15.7 Å². The number of hydrogen-bond donors (Lipinski definition) is 2. The third kappa shape index (κ3) is 2.45. The molecule has 1 rings (SSSR count). The first-order valence-corrected chi connectivity index (χ1v) is 5.45. The molecule has 1 aromatic rings. The Morgan fingerprint density at radius 1 is 1.44 bits per heavy atom. The van der Waals surface area contributed by atoms with Crippen molar-refractivity contribution in [3.8, 4) is 0 Å². The molecule has 3 N–H and O–H groups in total. The fourth-order valence-corrected chi connectivity index (χ4v) is 1.84. The number of hydrogen-bond acceptors (Lipinski definition) is 3.